The van der Waals surface area contributed by atoms with Crippen molar-refractivity contribution in [1.82, 2.24) is 20.0 Å². The number of morpholine rings is 1. The summed E-state index contributed by atoms with van der Waals surface area (Å²) in [6.07, 6.45) is 0.841. The molecule has 1 unspecified atom stereocenters. The molecule has 9 heteroatoms. The lowest BCUT2D eigenvalue weighted by Gasteiger charge is -2.30. The van der Waals surface area contributed by atoms with Gasteiger partial charge in [0.2, 0.25) is 0 Å². The van der Waals surface area contributed by atoms with Crippen LogP contribution in [-0.4, -0.2) is 84.1 Å². The number of fused-ring (bicyclic) bond motifs is 1. The van der Waals surface area contributed by atoms with Crippen molar-refractivity contribution < 1.29 is 24.1 Å². The fraction of sp³-hybridized carbons (Fsp3) is 0.407. The molecule has 2 aliphatic heterocycles. The van der Waals surface area contributed by atoms with E-state index in [0.29, 0.717) is 24.6 Å². The molecular weight excluding hydrogens is 460 g/mol. The number of aromatic nitrogens is 2. The minimum atomic E-state index is -0.354. The van der Waals surface area contributed by atoms with Gasteiger partial charge in [0.25, 0.3) is 5.91 Å². The zero-order chi connectivity index (χ0) is 25.1. The van der Waals surface area contributed by atoms with Gasteiger partial charge in [0.1, 0.15) is 11.4 Å². The summed E-state index contributed by atoms with van der Waals surface area (Å²) in [4.78, 5) is 17.9. The van der Waals surface area contributed by atoms with Gasteiger partial charge in [-0.3, -0.25) is 14.8 Å². The zero-order valence-electron chi connectivity index (χ0n) is 20.7. The average molecular weight is 493 g/mol. The predicted octanol–water partition coefficient (Wildman–Crippen LogP) is 3.46. The molecule has 3 aromatic rings. The van der Waals surface area contributed by atoms with Crippen LogP contribution in [0.5, 0.6) is 17.2 Å². The van der Waals surface area contributed by atoms with Crippen molar-refractivity contribution in [3.63, 3.8) is 0 Å². The van der Waals surface area contributed by atoms with Crippen LogP contribution >= 0.6 is 0 Å². The standard InChI is InChI=1S/C27H32N4O5/c1-3-36-22-17-19(7-10-21(22)32)26-23-24(18-5-8-20(34-2)9-6-18)28-29-25(23)27(33)31(26)12-4-11-30-13-15-35-16-14-30/h5-10,17,26,32H,3-4,11-16H2,1-2H3,(H,28,29). The molecule has 1 saturated heterocycles. The molecule has 5 rings (SSSR count). The minimum Gasteiger partial charge on any atom is -0.504 e. The highest BCUT2D eigenvalue weighted by Gasteiger charge is 2.42. The third-order valence-corrected chi connectivity index (χ3v) is 6.80. The summed E-state index contributed by atoms with van der Waals surface area (Å²) < 4.78 is 16.4. The number of rotatable bonds is 9. The van der Waals surface area contributed by atoms with E-state index in [4.69, 9.17) is 14.2 Å². The number of ether oxygens (including phenoxy) is 3. The molecule has 0 radical (unpaired) electrons. The van der Waals surface area contributed by atoms with E-state index in [-0.39, 0.29) is 17.7 Å². The largest absolute Gasteiger partial charge is 0.504 e. The number of aromatic amines is 1. The first-order chi connectivity index (χ1) is 17.6. The summed E-state index contributed by atoms with van der Waals surface area (Å²) in [5, 5.41) is 17.8. The van der Waals surface area contributed by atoms with Crippen molar-refractivity contribution in [2.24, 2.45) is 0 Å². The van der Waals surface area contributed by atoms with Gasteiger partial charge in [-0.05, 0) is 55.3 Å². The number of methoxy groups -OCH3 is 1. The van der Waals surface area contributed by atoms with Crippen molar-refractivity contribution in [3.8, 4) is 28.5 Å². The number of phenols is 1. The van der Waals surface area contributed by atoms with E-state index in [0.717, 1.165) is 67.4 Å². The van der Waals surface area contributed by atoms with Crippen LogP contribution in [0.4, 0.5) is 0 Å². The van der Waals surface area contributed by atoms with Crippen molar-refractivity contribution in [1.29, 1.82) is 0 Å². The summed E-state index contributed by atoms with van der Waals surface area (Å²) in [6.45, 7) is 7.13. The number of phenolic OH excluding ortho intramolecular Hbond substituents is 1. The van der Waals surface area contributed by atoms with E-state index >= 15 is 0 Å². The van der Waals surface area contributed by atoms with Crippen LogP contribution in [0.2, 0.25) is 0 Å². The summed E-state index contributed by atoms with van der Waals surface area (Å²) in [5.41, 5.74) is 3.83. The monoisotopic (exact) mass is 492 g/mol. The Morgan fingerprint density at radius 1 is 1.14 bits per heavy atom. The van der Waals surface area contributed by atoms with Crippen LogP contribution in [0.15, 0.2) is 42.5 Å². The van der Waals surface area contributed by atoms with Crippen molar-refractivity contribution in [2.75, 3.05) is 53.1 Å². The number of nitrogens with zero attached hydrogens (tertiary/aromatic N) is 3. The molecule has 2 N–H and O–H groups in total. The number of carbonyl (C=O) groups is 1. The first-order valence-corrected chi connectivity index (χ1v) is 12.4. The van der Waals surface area contributed by atoms with Gasteiger partial charge in [-0.2, -0.15) is 5.10 Å². The third kappa shape index (κ3) is 4.64. The first-order valence-electron chi connectivity index (χ1n) is 12.4. The molecule has 1 atom stereocenters. The van der Waals surface area contributed by atoms with Gasteiger partial charge in [0.15, 0.2) is 11.5 Å². The number of nitrogens with one attached hydrogen (secondary N) is 1. The van der Waals surface area contributed by atoms with Gasteiger partial charge >= 0.3 is 0 Å². The summed E-state index contributed by atoms with van der Waals surface area (Å²) in [6, 6.07) is 12.6. The number of hydrogen-bond donors (Lipinski definition) is 2. The van der Waals surface area contributed by atoms with Gasteiger partial charge in [0.05, 0.1) is 38.7 Å². The highest BCUT2D eigenvalue weighted by atomic mass is 16.5. The van der Waals surface area contributed by atoms with Crippen LogP contribution in [0.1, 0.15) is 41.0 Å². The second-order valence-corrected chi connectivity index (χ2v) is 8.96. The van der Waals surface area contributed by atoms with Crippen molar-refractivity contribution >= 4 is 5.91 Å². The lowest BCUT2D eigenvalue weighted by atomic mass is 9.95. The number of carbonyl (C=O) groups excluding carboxylic acids is 1. The molecule has 2 aliphatic rings. The van der Waals surface area contributed by atoms with Crippen LogP contribution < -0.4 is 9.47 Å². The normalized spacial score (nSPS) is 17.9. The predicted molar refractivity (Wildman–Crippen MR) is 135 cm³/mol. The van der Waals surface area contributed by atoms with E-state index in [1.807, 2.05) is 48.2 Å². The van der Waals surface area contributed by atoms with E-state index in [1.165, 1.54) is 0 Å². The van der Waals surface area contributed by atoms with Gasteiger partial charge in [-0.25, -0.2) is 0 Å². The zero-order valence-corrected chi connectivity index (χ0v) is 20.7. The fourth-order valence-corrected chi connectivity index (χ4v) is 5.00. The number of aromatic hydroxyl groups is 1. The molecule has 0 aliphatic carbocycles. The van der Waals surface area contributed by atoms with Crippen LogP contribution in [0.3, 0.4) is 0 Å². The van der Waals surface area contributed by atoms with E-state index in [9.17, 15) is 9.90 Å². The molecule has 0 saturated carbocycles. The van der Waals surface area contributed by atoms with E-state index in [1.54, 1.807) is 13.2 Å². The molecular formula is C27H32N4O5. The SMILES string of the molecule is CCOc1cc(C2c3c(-c4ccc(OC)cc4)n[nH]c3C(=O)N2CCCN2CCOCC2)ccc1O. The Bertz CT molecular complexity index is 1200. The van der Waals surface area contributed by atoms with E-state index < -0.39 is 0 Å². The molecule has 9 nitrogen and oxygen atoms in total. The van der Waals surface area contributed by atoms with Crippen LogP contribution in [-0.2, 0) is 4.74 Å². The van der Waals surface area contributed by atoms with E-state index in [2.05, 4.69) is 15.1 Å². The Morgan fingerprint density at radius 2 is 1.92 bits per heavy atom. The topological polar surface area (TPSA) is 100 Å². The van der Waals surface area contributed by atoms with Crippen LogP contribution in [0, 0.1) is 0 Å². The number of H-pyrrole nitrogens is 1. The van der Waals surface area contributed by atoms with Crippen LogP contribution in [0.25, 0.3) is 11.3 Å². The maximum Gasteiger partial charge on any atom is 0.273 e. The number of hydrogen-bond acceptors (Lipinski definition) is 7. The maximum atomic E-state index is 13.6. The Morgan fingerprint density at radius 3 is 2.64 bits per heavy atom. The second kappa shape index (κ2) is 10.6. The first kappa shape index (κ1) is 24.1. The molecule has 0 spiro atoms. The van der Waals surface area contributed by atoms with Gasteiger partial charge in [-0.1, -0.05) is 6.07 Å². The van der Waals surface area contributed by atoms with Gasteiger partial charge in [-0.15, -0.1) is 0 Å². The second-order valence-electron chi connectivity index (χ2n) is 8.96. The Kier molecular flexibility index (Phi) is 7.11. The number of benzene rings is 2. The molecule has 190 valence electrons. The van der Waals surface area contributed by atoms with Crippen molar-refractivity contribution in [2.45, 2.75) is 19.4 Å². The molecule has 1 amide bonds. The molecule has 2 aromatic carbocycles. The maximum absolute atomic E-state index is 13.6. The quantitative estimate of drug-likeness (QED) is 0.472. The highest BCUT2D eigenvalue weighted by Crippen LogP contribution is 2.44. The van der Waals surface area contributed by atoms with Gasteiger partial charge < -0.3 is 24.2 Å². The Balaban J connectivity index is 1.50. The number of amides is 1. The summed E-state index contributed by atoms with van der Waals surface area (Å²) >= 11 is 0. The molecule has 1 fully saturated rings. The molecule has 0 bridgehead atoms. The molecule has 1 aromatic heterocycles. The Hall–Kier alpha value is -3.56. The molecule has 3 heterocycles. The minimum absolute atomic E-state index is 0.0738. The Labute approximate surface area is 210 Å². The summed E-state index contributed by atoms with van der Waals surface area (Å²) in [7, 11) is 1.63. The fourth-order valence-electron chi connectivity index (χ4n) is 5.00. The molecule has 36 heavy (non-hydrogen) atoms. The van der Waals surface area contributed by atoms with Gasteiger partial charge in [0, 0.05) is 37.3 Å². The summed E-state index contributed by atoms with van der Waals surface area (Å²) in [5.74, 6) is 1.16. The van der Waals surface area contributed by atoms with Crippen molar-refractivity contribution in [3.05, 3.63) is 59.3 Å². The lowest BCUT2D eigenvalue weighted by molar-refractivity contribution is 0.0354. The lowest BCUT2D eigenvalue weighted by Crippen LogP contribution is -2.38. The smallest absolute Gasteiger partial charge is 0.273 e. The third-order valence-electron chi connectivity index (χ3n) is 6.80. The highest BCUT2D eigenvalue weighted by molar-refractivity contribution is 6.00. The average Bonchev–Trinajstić information content (AvgIpc) is 3.45.